The van der Waals surface area contributed by atoms with Gasteiger partial charge in [-0.2, -0.15) is 0 Å². The standard InChI is InChI=1S/C17H15N3O3S/c18-15(21)8-13-10-24-17(19-13)20-16(22)9-23-14-6-5-11-3-1-2-4-12(11)7-14/h1-7,10H,8-9H2,(H2,18,21)(H,19,20,22). The average Bonchev–Trinajstić information content (AvgIpc) is 2.99. The van der Waals surface area contributed by atoms with Crippen LogP contribution in [0.5, 0.6) is 5.75 Å². The van der Waals surface area contributed by atoms with E-state index in [0.29, 0.717) is 16.6 Å². The number of carbonyl (C=O) groups is 2. The van der Waals surface area contributed by atoms with Crippen LogP contribution in [0.25, 0.3) is 10.8 Å². The van der Waals surface area contributed by atoms with Crippen LogP contribution >= 0.6 is 11.3 Å². The summed E-state index contributed by atoms with van der Waals surface area (Å²) in [6.45, 7) is -0.122. The van der Waals surface area contributed by atoms with E-state index in [-0.39, 0.29) is 18.9 Å². The average molecular weight is 341 g/mol. The summed E-state index contributed by atoms with van der Waals surface area (Å²) in [6.07, 6.45) is 0.0555. The molecule has 0 atom stereocenters. The molecule has 0 unspecified atom stereocenters. The zero-order valence-electron chi connectivity index (χ0n) is 12.7. The number of benzene rings is 2. The van der Waals surface area contributed by atoms with E-state index >= 15 is 0 Å². The summed E-state index contributed by atoms with van der Waals surface area (Å²) < 4.78 is 5.51. The molecule has 0 fully saturated rings. The number of amides is 2. The zero-order chi connectivity index (χ0) is 16.9. The summed E-state index contributed by atoms with van der Waals surface area (Å²) in [5, 5.41) is 6.89. The molecule has 3 aromatic rings. The third-order valence-corrected chi connectivity index (χ3v) is 4.05. The molecule has 3 N–H and O–H groups in total. The molecule has 0 radical (unpaired) electrons. The van der Waals surface area contributed by atoms with E-state index in [9.17, 15) is 9.59 Å². The quantitative estimate of drug-likeness (QED) is 0.719. The van der Waals surface area contributed by atoms with Gasteiger partial charge in [0.25, 0.3) is 5.91 Å². The molecule has 6 nitrogen and oxygen atoms in total. The summed E-state index contributed by atoms with van der Waals surface area (Å²) in [7, 11) is 0. The van der Waals surface area contributed by atoms with Crippen LogP contribution in [0.3, 0.4) is 0 Å². The number of nitrogens with one attached hydrogen (secondary N) is 1. The van der Waals surface area contributed by atoms with Crippen LogP contribution < -0.4 is 15.8 Å². The predicted octanol–water partition coefficient (Wildman–Crippen LogP) is 2.34. The summed E-state index contributed by atoms with van der Waals surface area (Å²) >= 11 is 1.24. The molecular formula is C17H15N3O3S. The van der Waals surface area contributed by atoms with Crippen molar-refractivity contribution in [1.82, 2.24) is 4.98 Å². The third kappa shape index (κ3) is 4.08. The molecule has 2 aromatic carbocycles. The van der Waals surface area contributed by atoms with Crippen LogP contribution in [-0.2, 0) is 16.0 Å². The van der Waals surface area contributed by atoms with Crippen molar-refractivity contribution < 1.29 is 14.3 Å². The number of primary amides is 1. The van der Waals surface area contributed by atoms with Crippen LogP contribution in [0.2, 0.25) is 0 Å². The number of carbonyl (C=O) groups excluding carboxylic acids is 2. The third-order valence-electron chi connectivity index (χ3n) is 3.24. The molecule has 1 aromatic heterocycles. The van der Waals surface area contributed by atoms with Crippen molar-refractivity contribution in [1.29, 1.82) is 0 Å². The number of anilines is 1. The van der Waals surface area contributed by atoms with Gasteiger partial charge in [-0.25, -0.2) is 4.98 Å². The SMILES string of the molecule is NC(=O)Cc1csc(NC(=O)COc2ccc3ccccc3c2)n1. The van der Waals surface area contributed by atoms with Crippen LogP contribution in [0.1, 0.15) is 5.69 Å². The Morgan fingerprint density at radius 1 is 1.17 bits per heavy atom. The number of nitrogens with two attached hydrogens (primary N) is 1. The Morgan fingerprint density at radius 3 is 2.75 bits per heavy atom. The Labute approximate surface area is 142 Å². The Bertz CT molecular complexity index is 891. The van der Waals surface area contributed by atoms with E-state index in [1.807, 2.05) is 42.5 Å². The molecule has 122 valence electrons. The van der Waals surface area contributed by atoms with Gasteiger partial charge >= 0.3 is 0 Å². The Morgan fingerprint density at radius 2 is 1.96 bits per heavy atom. The highest BCUT2D eigenvalue weighted by atomic mass is 32.1. The van der Waals surface area contributed by atoms with Crippen molar-refractivity contribution in [2.45, 2.75) is 6.42 Å². The van der Waals surface area contributed by atoms with Gasteiger partial charge in [-0.3, -0.25) is 14.9 Å². The lowest BCUT2D eigenvalue weighted by Gasteiger charge is -2.07. The summed E-state index contributed by atoms with van der Waals surface area (Å²) in [5.41, 5.74) is 5.64. The molecular weight excluding hydrogens is 326 g/mol. The Kier molecular flexibility index (Phi) is 4.72. The minimum Gasteiger partial charge on any atom is -0.484 e. The molecule has 2 amide bonds. The van der Waals surface area contributed by atoms with Crippen molar-refractivity contribution in [2.75, 3.05) is 11.9 Å². The summed E-state index contributed by atoms with van der Waals surface area (Å²) in [5.74, 6) is -0.154. The van der Waals surface area contributed by atoms with E-state index in [1.165, 1.54) is 11.3 Å². The molecule has 0 saturated heterocycles. The van der Waals surface area contributed by atoms with Crippen LogP contribution in [0.15, 0.2) is 47.8 Å². The first kappa shape index (κ1) is 15.9. The number of nitrogens with zero attached hydrogens (tertiary/aromatic N) is 1. The van der Waals surface area contributed by atoms with Crippen molar-refractivity contribution in [2.24, 2.45) is 5.73 Å². The first-order chi connectivity index (χ1) is 11.6. The van der Waals surface area contributed by atoms with Crippen LogP contribution in [0, 0.1) is 0 Å². The number of rotatable bonds is 6. The summed E-state index contributed by atoms with van der Waals surface area (Å²) in [6, 6.07) is 13.6. The van der Waals surface area contributed by atoms with E-state index in [0.717, 1.165) is 10.8 Å². The molecule has 0 aliphatic rings. The maximum Gasteiger partial charge on any atom is 0.264 e. The summed E-state index contributed by atoms with van der Waals surface area (Å²) in [4.78, 5) is 26.9. The maximum absolute atomic E-state index is 11.9. The van der Waals surface area contributed by atoms with Crippen LogP contribution in [0.4, 0.5) is 5.13 Å². The lowest BCUT2D eigenvalue weighted by atomic mass is 10.1. The van der Waals surface area contributed by atoms with Gasteiger partial charge in [-0.05, 0) is 22.9 Å². The topological polar surface area (TPSA) is 94.3 Å². The monoisotopic (exact) mass is 341 g/mol. The second kappa shape index (κ2) is 7.10. The molecule has 7 heteroatoms. The van der Waals surface area contributed by atoms with Gasteiger partial charge in [-0.15, -0.1) is 11.3 Å². The number of hydrogen-bond donors (Lipinski definition) is 2. The van der Waals surface area contributed by atoms with Crippen molar-refractivity contribution >= 4 is 39.1 Å². The van der Waals surface area contributed by atoms with Crippen LogP contribution in [-0.4, -0.2) is 23.4 Å². The zero-order valence-corrected chi connectivity index (χ0v) is 13.5. The van der Waals surface area contributed by atoms with Gasteiger partial charge in [0.05, 0.1) is 12.1 Å². The molecule has 0 aliphatic heterocycles. The fourth-order valence-electron chi connectivity index (χ4n) is 2.19. The van der Waals surface area contributed by atoms with Crippen molar-refractivity contribution in [3.63, 3.8) is 0 Å². The first-order valence-electron chi connectivity index (χ1n) is 7.24. The second-order valence-corrected chi connectivity index (χ2v) is 5.99. The second-order valence-electron chi connectivity index (χ2n) is 5.13. The highest BCUT2D eigenvalue weighted by molar-refractivity contribution is 7.13. The highest BCUT2D eigenvalue weighted by Crippen LogP contribution is 2.20. The van der Waals surface area contributed by atoms with E-state index < -0.39 is 5.91 Å². The van der Waals surface area contributed by atoms with E-state index in [4.69, 9.17) is 10.5 Å². The first-order valence-corrected chi connectivity index (χ1v) is 8.12. The number of hydrogen-bond acceptors (Lipinski definition) is 5. The smallest absolute Gasteiger partial charge is 0.264 e. The Balaban J connectivity index is 1.56. The largest absolute Gasteiger partial charge is 0.484 e. The van der Waals surface area contributed by atoms with Gasteiger partial charge in [0.2, 0.25) is 5.91 Å². The van der Waals surface area contributed by atoms with E-state index in [1.54, 1.807) is 5.38 Å². The van der Waals surface area contributed by atoms with Crippen molar-refractivity contribution in [3.05, 3.63) is 53.5 Å². The fourth-order valence-corrected chi connectivity index (χ4v) is 2.91. The Hall–Kier alpha value is -2.93. The number of ether oxygens (including phenoxy) is 1. The van der Waals surface area contributed by atoms with Gasteiger partial charge in [0.1, 0.15) is 5.75 Å². The van der Waals surface area contributed by atoms with Gasteiger partial charge in [-0.1, -0.05) is 30.3 Å². The number of fused-ring (bicyclic) bond motifs is 1. The lowest BCUT2D eigenvalue weighted by molar-refractivity contribution is -0.118. The highest BCUT2D eigenvalue weighted by Gasteiger charge is 2.09. The van der Waals surface area contributed by atoms with Gasteiger partial charge in [0, 0.05) is 5.38 Å². The fraction of sp³-hybridized carbons (Fsp3) is 0.118. The van der Waals surface area contributed by atoms with Gasteiger partial charge < -0.3 is 10.5 Å². The molecule has 24 heavy (non-hydrogen) atoms. The minimum absolute atomic E-state index is 0.0555. The molecule has 3 rings (SSSR count). The number of thiazole rings is 1. The number of aromatic nitrogens is 1. The normalized spacial score (nSPS) is 10.5. The maximum atomic E-state index is 11.9. The molecule has 0 bridgehead atoms. The molecule has 0 spiro atoms. The van der Waals surface area contributed by atoms with Gasteiger partial charge in [0.15, 0.2) is 11.7 Å². The van der Waals surface area contributed by atoms with E-state index in [2.05, 4.69) is 10.3 Å². The van der Waals surface area contributed by atoms with Crippen molar-refractivity contribution in [3.8, 4) is 5.75 Å². The molecule has 0 aliphatic carbocycles. The lowest BCUT2D eigenvalue weighted by Crippen LogP contribution is -2.20. The predicted molar refractivity (Wildman–Crippen MR) is 93.1 cm³/mol. The molecule has 0 saturated carbocycles. The minimum atomic E-state index is -0.460. The molecule has 1 heterocycles.